The van der Waals surface area contributed by atoms with Crippen LogP contribution in [-0.4, -0.2) is 43.9 Å². The monoisotopic (exact) mass is 418 g/mol. The lowest BCUT2D eigenvalue weighted by Crippen LogP contribution is -2.50. The average Bonchev–Trinajstić information content (AvgIpc) is 3.15. The lowest BCUT2D eigenvalue weighted by atomic mass is 9.78. The molecule has 1 aliphatic heterocycles. The summed E-state index contributed by atoms with van der Waals surface area (Å²) in [5.74, 6) is 2.22. The van der Waals surface area contributed by atoms with E-state index in [9.17, 15) is 4.79 Å². The number of carbonyl (C=O) groups excluding carboxylic acids is 1. The van der Waals surface area contributed by atoms with Crippen LogP contribution in [-0.2, 0) is 11.3 Å². The summed E-state index contributed by atoms with van der Waals surface area (Å²) >= 11 is 7.50. The summed E-state index contributed by atoms with van der Waals surface area (Å²) in [6.07, 6.45) is 7.47. The van der Waals surface area contributed by atoms with Gasteiger partial charge in [0.2, 0.25) is 5.91 Å². The Hall–Kier alpha value is -1.53. The fourth-order valence-corrected chi connectivity index (χ4v) is 5.65. The Morgan fingerprint density at radius 2 is 1.89 bits per heavy atom. The summed E-state index contributed by atoms with van der Waals surface area (Å²) in [6, 6.07) is 8.09. The van der Waals surface area contributed by atoms with Crippen molar-refractivity contribution in [2.24, 2.45) is 5.92 Å². The van der Waals surface area contributed by atoms with Crippen molar-refractivity contribution in [3.8, 4) is 11.4 Å². The maximum Gasteiger partial charge on any atom is 0.233 e. The van der Waals surface area contributed by atoms with Crippen molar-refractivity contribution in [1.29, 1.82) is 0 Å². The maximum absolute atomic E-state index is 13.0. The van der Waals surface area contributed by atoms with Crippen LogP contribution in [0.3, 0.4) is 0 Å². The Labute approximate surface area is 175 Å². The quantitative estimate of drug-likeness (QED) is 0.648. The number of likely N-dealkylation sites (tertiary alicyclic amines) is 1. The first-order valence-corrected chi connectivity index (χ1v) is 11.6. The molecule has 1 aromatic heterocycles. The molecular weight excluding hydrogens is 392 g/mol. The van der Waals surface area contributed by atoms with Crippen molar-refractivity contribution in [3.63, 3.8) is 0 Å². The molecule has 0 N–H and O–H groups in total. The van der Waals surface area contributed by atoms with Crippen molar-refractivity contribution in [2.75, 3.05) is 12.3 Å². The third-order valence-corrected chi connectivity index (χ3v) is 7.23. The van der Waals surface area contributed by atoms with E-state index in [1.165, 1.54) is 43.9 Å². The van der Waals surface area contributed by atoms with E-state index in [1.807, 2.05) is 24.3 Å². The highest BCUT2D eigenvalue weighted by Gasteiger charge is 2.35. The van der Waals surface area contributed by atoms with Gasteiger partial charge in [0, 0.05) is 29.7 Å². The fraction of sp³-hybridized carbons (Fsp3) is 0.571. The van der Waals surface area contributed by atoms with E-state index < -0.39 is 0 Å². The third kappa shape index (κ3) is 4.08. The zero-order valence-electron chi connectivity index (χ0n) is 16.3. The number of carbonyl (C=O) groups is 1. The number of benzene rings is 1. The highest BCUT2D eigenvalue weighted by Crippen LogP contribution is 2.36. The van der Waals surface area contributed by atoms with Gasteiger partial charge in [-0.3, -0.25) is 4.79 Å². The Bertz CT molecular complexity index is 820. The van der Waals surface area contributed by atoms with E-state index in [1.54, 1.807) is 0 Å². The first-order valence-electron chi connectivity index (χ1n) is 10.3. The predicted molar refractivity (Wildman–Crippen MR) is 114 cm³/mol. The number of hydrogen-bond donors (Lipinski definition) is 0. The van der Waals surface area contributed by atoms with Crippen LogP contribution in [0.2, 0.25) is 5.02 Å². The van der Waals surface area contributed by atoms with E-state index in [-0.39, 0.29) is 5.91 Å². The second kappa shape index (κ2) is 8.87. The van der Waals surface area contributed by atoms with Gasteiger partial charge in [0.05, 0.1) is 5.75 Å². The summed E-state index contributed by atoms with van der Waals surface area (Å²) in [4.78, 5) is 15.1. The molecule has 2 atom stereocenters. The Kier molecular flexibility index (Phi) is 6.26. The Morgan fingerprint density at radius 3 is 2.68 bits per heavy atom. The second-order valence-corrected chi connectivity index (χ2v) is 9.07. The molecule has 1 saturated heterocycles. The van der Waals surface area contributed by atoms with Crippen molar-refractivity contribution < 1.29 is 4.79 Å². The zero-order chi connectivity index (χ0) is 19.5. The summed E-state index contributed by atoms with van der Waals surface area (Å²) in [5, 5.41) is 10.2. The highest BCUT2D eigenvalue weighted by atomic mass is 35.5. The van der Waals surface area contributed by atoms with Gasteiger partial charge < -0.3 is 9.47 Å². The van der Waals surface area contributed by atoms with Crippen LogP contribution in [0.5, 0.6) is 0 Å². The van der Waals surface area contributed by atoms with Crippen molar-refractivity contribution in [3.05, 3.63) is 29.3 Å². The number of halogens is 1. The molecule has 0 spiro atoms. The highest BCUT2D eigenvalue weighted by molar-refractivity contribution is 7.99. The molecular formula is C21H27ClN4OS. The number of thioether (sulfide) groups is 1. The molecule has 0 radical (unpaired) electrons. The van der Waals surface area contributed by atoms with Crippen LogP contribution in [0.4, 0.5) is 0 Å². The molecule has 5 nitrogen and oxygen atoms in total. The molecule has 2 unspecified atom stereocenters. The maximum atomic E-state index is 13.0. The SMILES string of the molecule is CCn1c(SCC(=O)N2CCCC3CCCCC32)nnc1-c1ccc(Cl)cc1. The minimum Gasteiger partial charge on any atom is -0.339 e. The van der Waals surface area contributed by atoms with Crippen LogP contribution in [0.15, 0.2) is 29.4 Å². The molecule has 2 heterocycles. The summed E-state index contributed by atoms with van der Waals surface area (Å²) in [5.41, 5.74) is 0.984. The van der Waals surface area contributed by atoms with E-state index in [0.717, 1.165) is 36.1 Å². The van der Waals surface area contributed by atoms with Gasteiger partial charge in [-0.2, -0.15) is 0 Å². The van der Waals surface area contributed by atoms with Gasteiger partial charge in [0.25, 0.3) is 0 Å². The van der Waals surface area contributed by atoms with Gasteiger partial charge in [0.15, 0.2) is 11.0 Å². The minimum absolute atomic E-state index is 0.250. The number of rotatable bonds is 5. The number of fused-ring (bicyclic) bond motifs is 1. The molecule has 2 fully saturated rings. The molecule has 7 heteroatoms. The van der Waals surface area contributed by atoms with Crippen molar-refractivity contribution in [2.45, 2.75) is 63.2 Å². The standard InChI is InChI=1S/C21H27ClN4OS/c1-2-25-20(16-9-11-17(22)12-10-16)23-24-21(25)28-14-19(27)26-13-5-7-15-6-3-4-8-18(15)26/h9-12,15,18H,2-8,13-14H2,1H3. The van der Waals surface area contributed by atoms with Gasteiger partial charge in [-0.1, -0.05) is 36.2 Å². The summed E-state index contributed by atoms with van der Waals surface area (Å²) < 4.78 is 2.07. The van der Waals surface area contributed by atoms with Crippen molar-refractivity contribution >= 4 is 29.3 Å². The molecule has 2 aromatic rings. The predicted octanol–water partition coefficient (Wildman–Crippen LogP) is 4.89. The normalized spacial score (nSPS) is 22.1. The lowest BCUT2D eigenvalue weighted by Gasteiger charge is -2.44. The van der Waals surface area contributed by atoms with Gasteiger partial charge in [-0.05, 0) is 62.8 Å². The van der Waals surface area contributed by atoms with Gasteiger partial charge in [-0.25, -0.2) is 0 Å². The minimum atomic E-state index is 0.250. The van der Waals surface area contributed by atoms with E-state index in [0.29, 0.717) is 22.7 Å². The third-order valence-electron chi connectivity index (χ3n) is 6.02. The summed E-state index contributed by atoms with van der Waals surface area (Å²) in [6.45, 7) is 3.75. The second-order valence-electron chi connectivity index (χ2n) is 7.69. The molecule has 1 aliphatic carbocycles. The molecule has 2 aliphatic rings. The molecule has 1 amide bonds. The number of piperidine rings is 1. The first kappa shape index (κ1) is 19.8. The van der Waals surface area contributed by atoms with E-state index in [2.05, 4.69) is 26.6 Å². The van der Waals surface area contributed by atoms with Gasteiger partial charge in [-0.15, -0.1) is 10.2 Å². The smallest absolute Gasteiger partial charge is 0.233 e. The lowest BCUT2D eigenvalue weighted by molar-refractivity contribution is -0.134. The zero-order valence-corrected chi connectivity index (χ0v) is 17.9. The largest absolute Gasteiger partial charge is 0.339 e. The fourth-order valence-electron chi connectivity index (χ4n) is 4.64. The van der Waals surface area contributed by atoms with Gasteiger partial charge >= 0.3 is 0 Å². The molecule has 28 heavy (non-hydrogen) atoms. The average molecular weight is 419 g/mol. The molecule has 1 saturated carbocycles. The van der Waals surface area contributed by atoms with Crippen molar-refractivity contribution in [1.82, 2.24) is 19.7 Å². The van der Waals surface area contributed by atoms with E-state index >= 15 is 0 Å². The Morgan fingerprint density at radius 1 is 1.14 bits per heavy atom. The van der Waals surface area contributed by atoms with Crippen LogP contribution >= 0.6 is 23.4 Å². The van der Waals surface area contributed by atoms with Crippen LogP contribution in [0.1, 0.15) is 45.4 Å². The van der Waals surface area contributed by atoms with Gasteiger partial charge in [0.1, 0.15) is 0 Å². The first-order chi connectivity index (χ1) is 13.7. The number of hydrogen-bond acceptors (Lipinski definition) is 4. The molecule has 4 rings (SSSR count). The number of aromatic nitrogens is 3. The Balaban J connectivity index is 1.44. The van der Waals surface area contributed by atoms with Crippen LogP contribution in [0.25, 0.3) is 11.4 Å². The molecule has 150 valence electrons. The molecule has 1 aromatic carbocycles. The number of amides is 1. The van der Waals surface area contributed by atoms with Crippen LogP contribution < -0.4 is 0 Å². The topological polar surface area (TPSA) is 51.0 Å². The molecule has 0 bridgehead atoms. The number of nitrogens with zero attached hydrogens (tertiary/aromatic N) is 4. The van der Waals surface area contributed by atoms with E-state index in [4.69, 9.17) is 11.6 Å². The summed E-state index contributed by atoms with van der Waals surface area (Å²) in [7, 11) is 0. The van der Waals surface area contributed by atoms with Crippen LogP contribution in [0, 0.1) is 5.92 Å².